The number of benzene rings is 2. The fraction of sp³-hybridized carbons (Fsp3) is 0.154. The van der Waals surface area contributed by atoms with Gasteiger partial charge in [-0.2, -0.15) is 18.3 Å². The van der Waals surface area contributed by atoms with Crippen molar-refractivity contribution in [2.75, 3.05) is 7.11 Å². The van der Waals surface area contributed by atoms with Crippen molar-refractivity contribution < 1.29 is 31.5 Å². The topological polar surface area (TPSA) is 95.7 Å². The molecule has 8 nitrogen and oxygen atoms in total. The number of nitrogens with zero attached hydrogens (tertiary/aromatic N) is 6. The van der Waals surface area contributed by atoms with Crippen molar-refractivity contribution in [1.29, 1.82) is 0 Å². The van der Waals surface area contributed by atoms with Gasteiger partial charge in [0, 0.05) is 23.5 Å². The number of carbonyl (C=O) groups excluding carboxylic acids is 1. The van der Waals surface area contributed by atoms with Crippen LogP contribution in [-0.4, -0.2) is 42.8 Å². The maximum atomic E-state index is 14.2. The summed E-state index contributed by atoms with van der Waals surface area (Å²) >= 11 is 0. The lowest BCUT2D eigenvalue weighted by Crippen LogP contribution is -2.24. The number of imidazole rings is 1. The number of rotatable bonds is 5. The van der Waals surface area contributed by atoms with Gasteiger partial charge in [-0.05, 0) is 25.1 Å². The average Bonchev–Trinajstić information content (AvgIpc) is 3.33. The number of fused-ring (bicyclic) bond motifs is 1. The second kappa shape index (κ2) is 9.82. The summed E-state index contributed by atoms with van der Waals surface area (Å²) in [5.41, 5.74) is -0.208. The van der Waals surface area contributed by atoms with Crippen LogP contribution in [0.1, 0.15) is 22.7 Å². The molecule has 0 saturated heterocycles. The number of halogens is 5. The van der Waals surface area contributed by atoms with E-state index < -0.39 is 35.4 Å². The number of ether oxygens (including phenoxy) is 1. The van der Waals surface area contributed by atoms with E-state index in [1.165, 1.54) is 53.7 Å². The zero-order valence-electron chi connectivity index (χ0n) is 20.2. The molecule has 2 aliphatic rings. The highest BCUT2D eigenvalue weighted by Gasteiger charge is 2.35. The van der Waals surface area contributed by atoms with Gasteiger partial charge in [0.1, 0.15) is 11.4 Å². The summed E-state index contributed by atoms with van der Waals surface area (Å²) in [5.74, 6) is -3.21. The van der Waals surface area contributed by atoms with Gasteiger partial charge in [-0.3, -0.25) is 4.68 Å². The number of esters is 1. The van der Waals surface area contributed by atoms with E-state index in [2.05, 4.69) is 25.0 Å². The Morgan fingerprint density at radius 2 is 1.67 bits per heavy atom. The van der Waals surface area contributed by atoms with Crippen molar-refractivity contribution in [3.05, 3.63) is 89.5 Å². The Morgan fingerprint density at radius 1 is 0.949 bits per heavy atom. The smallest absolute Gasteiger partial charge is 0.417 e. The second-order valence-corrected chi connectivity index (χ2v) is 8.49. The van der Waals surface area contributed by atoms with Gasteiger partial charge in [0.2, 0.25) is 0 Å². The first kappa shape index (κ1) is 25.8. The van der Waals surface area contributed by atoms with Crippen molar-refractivity contribution in [1.82, 2.24) is 29.7 Å². The van der Waals surface area contributed by atoms with E-state index >= 15 is 0 Å². The third-order valence-electron chi connectivity index (χ3n) is 5.87. The predicted octanol–water partition coefficient (Wildman–Crippen LogP) is 5.27. The molecule has 3 heterocycles. The number of alkyl halides is 3. The molecular formula is C26H17F5N6O2. The lowest BCUT2D eigenvalue weighted by molar-refractivity contribution is -0.143. The van der Waals surface area contributed by atoms with Gasteiger partial charge in [-0.15, -0.1) is 0 Å². The third-order valence-corrected chi connectivity index (χ3v) is 5.87. The fourth-order valence-corrected chi connectivity index (χ4v) is 3.99. The molecule has 1 atom stereocenters. The molecule has 13 heteroatoms. The summed E-state index contributed by atoms with van der Waals surface area (Å²) in [7, 11) is 1.15. The zero-order valence-corrected chi connectivity index (χ0v) is 20.2. The highest BCUT2D eigenvalue weighted by Crippen LogP contribution is 2.37. The maximum absolute atomic E-state index is 14.2. The summed E-state index contributed by atoms with van der Waals surface area (Å²) in [6.45, 7) is 1.54. The lowest BCUT2D eigenvalue weighted by atomic mass is 10.0. The SMILES string of the molecule is COC(=O)C(c1cnc(-c2ccc(C)cc2C(F)(F)F)nc1)n1cc2nc(-c3cccc(F)c3F)nc-2cn1. The largest absolute Gasteiger partial charge is 0.467 e. The van der Waals surface area contributed by atoms with Gasteiger partial charge in [-0.25, -0.2) is 33.5 Å². The number of hydrogen-bond acceptors (Lipinski definition) is 7. The van der Waals surface area contributed by atoms with Crippen molar-refractivity contribution >= 4 is 5.97 Å². The molecule has 198 valence electrons. The predicted molar refractivity (Wildman–Crippen MR) is 127 cm³/mol. The molecule has 0 fully saturated rings. The Morgan fingerprint density at radius 3 is 2.36 bits per heavy atom. The zero-order chi connectivity index (χ0) is 27.9. The molecular weight excluding hydrogens is 523 g/mol. The third kappa shape index (κ3) is 4.90. The molecule has 2 aromatic carbocycles. The van der Waals surface area contributed by atoms with Crippen LogP contribution in [0, 0.1) is 18.6 Å². The number of carbonyl (C=O) groups is 1. The molecule has 1 aromatic heterocycles. The molecule has 0 saturated carbocycles. The van der Waals surface area contributed by atoms with Crippen LogP contribution >= 0.6 is 0 Å². The Labute approximate surface area is 217 Å². The number of methoxy groups -OCH3 is 1. The van der Waals surface area contributed by atoms with E-state index in [1.807, 2.05) is 0 Å². The van der Waals surface area contributed by atoms with Crippen LogP contribution in [0.4, 0.5) is 22.0 Å². The second-order valence-electron chi connectivity index (χ2n) is 8.49. The summed E-state index contributed by atoms with van der Waals surface area (Å²) in [4.78, 5) is 29.3. The number of hydrogen-bond donors (Lipinski definition) is 0. The van der Waals surface area contributed by atoms with Crippen LogP contribution in [0.5, 0.6) is 0 Å². The van der Waals surface area contributed by atoms with Crippen LogP contribution in [0.15, 0.2) is 61.2 Å². The Kier molecular flexibility index (Phi) is 6.50. The summed E-state index contributed by atoms with van der Waals surface area (Å²) < 4.78 is 74.8. The average molecular weight is 540 g/mol. The van der Waals surface area contributed by atoms with Gasteiger partial charge in [-0.1, -0.05) is 23.8 Å². The van der Waals surface area contributed by atoms with Gasteiger partial charge >= 0.3 is 12.1 Å². The monoisotopic (exact) mass is 540 g/mol. The van der Waals surface area contributed by atoms with Crippen LogP contribution in [0.25, 0.3) is 34.2 Å². The minimum Gasteiger partial charge on any atom is -0.467 e. The van der Waals surface area contributed by atoms with Gasteiger partial charge < -0.3 is 4.74 Å². The summed E-state index contributed by atoms with van der Waals surface area (Å²) in [5, 5.41) is 4.18. The molecule has 0 radical (unpaired) electrons. The molecule has 0 bridgehead atoms. The first-order chi connectivity index (χ1) is 18.6. The van der Waals surface area contributed by atoms with Gasteiger partial charge in [0.15, 0.2) is 29.3 Å². The van der Waals surface area contributed by atoms with Crippen molar-refractivity contribution in [2.45, 2.75) is 19.1 Å². The number of aryl methyl sites for hydroxylation is 1. The molecule has 2 aliphatic heterocycles. The molecule has 0 N–H and O–H groups in total. The van der Waals surface area contributed by atoms with E-state index in [1.54, 1.807) is 6.92 Å². The van der Waals surface area contributed by atoms with Crippen LogP contribution in [-0.2, 0) is 15.7 Å². The first-order valence-electron chi connectivity index (χ1n) is 11.3. The van der Waals surface area contributed by atoms with Crippen molar-refractivity contribution in [2.24, 2.45) is 0 Å². The van der Waals surface area contributed by atoms with E-state index in [0.717, 1.165) is 19.2 Å². The van der Waals surface area contributed by atoms with Gasteiger partial charge in [0.05, 0.1) is 30.6 Å². The van der Waals surface area contributed by atoms with Crippen molar-refractivity contribution in [3.63, 3.8) is 0 Å². The van der Waals surface area contributed by atoms with Gasteiger partial charge in [0.25, 0.3) is 0 Å². The van der Waals surface area contributed by atoms with Crippen LogP contribution in [0.2, 0.25) is 0 Å². The van der Waals surface area contributed by atoms with Crippen molar-refractivity contribution in [3.8, 4) is 34.2 Å². The Hall–Kier alpha value is -4.81. The molecule has 5 rings (SSSR count). The normalized spacial score (nSPS) is 12.5. The lowest BCUT2D eigenvalue weighted by Gasteiger charge is -2.18. The standard InChI is InChI=1S/C26H17F5N6O2/c1-13-6-7-15(17(8-13)26(29,30)31)23-32-9-14(10-33-23)22(25(38)39-2)37-12-20-19(11-34-37)35-24(36-20)16-4-3-5-18(27)21(16)28/h3-12,22H,1-2H3. The van der Waals surface area contributed by atoms with E-state index in [4.69, 9.17) is 4.74 Å². The molecule has 0 spiro atoms. The van der Waals surface area contributed by atoms with Crippen LogP contribution in [0.3, 0.4) is 0 Å². The molecule has 0 aliphatic carbocycles. The first-order valence-corrected chi connectivity index (χ1v) is 11.3. The van der Waals surface area contributed by atoms with Crippen LogP contribution < -0.4 is 0 Å². The van der Waals surface area contributed by atoms with E-state index in [-0.39, 0.29) is 39.7 Å². The molecule has 1 unspecified atom stereocenters. The number of aromatic nitrogens is 6. The summed E-state index contributed by atoms with van der Waals surface area (Å²) in [6, 6.07) is 6.17. The fourth-order valence-electron chi connectivity index (χ4n) is 3.99. The molecule has 3 aromatic rings. The molecule has 0 amide bonds. The Balaban J connectivity index is 1.53. The minimum absolute atomic E-state index is 0.0811. The quantitative estimate of drug-likeness (QED) is 0.221. The minimum atomic E-state index is -4.62. The highest BCUT2D eigenvalue weighted by molar-refractivity contribution is 5.78. The Bertz CT molecular complexity index is 1650. The summed E-state index contributed by atoms with van der Waals surface area (Å²) in [6.07, 6.45) is 0.400. The highest BCUT2D eigenvalue weighted by atomic mass is 19.4. The van der Waals surface area contributed by atoms with E-state index in [0.29, 0.717) is 5.56 Å². The molecule has 39 heavy (non-hydrogen) atoms. The van der Waals surface area contributed by atoms with E-state index in [9.17, 15) is 26.7 Å². The maximum Gasteiger partial charge on any atom is 0.417 e.